The highest BCUT2D eigenvalue weighted by molar-refractivity contribution is 6.01. The standard InChI is InChI=1S/C50H61N7O5/c58-45-9-5-4-8-43(45)44-32-41(34-52-54-44)56-28-20-49(21-29-56,39-6-2-1-3-7-39)35-51-47(60)38-19-27-57(50(33-38)22-30-62-31-23-50)26-18-36-16-24-55(25-17-36)40-12-10-37(11-13-40)42-14-15-46(59)53-48(42)61/h1-13,32,34,36,38,42,58H,14-31,33,35H2,(H,51,60)(H,53,59,61)/t38-,42-/m1/s1. The van der Waals surface area contributed by atoms with Crippen molar-refractivity contribution in [3.05, 3.63) is 102 Å². The molecular formula is C50H61N7O5. The largest absolute Gasteiger partial charge is 0.507 e. The van der Waals surface area contributed by atoms with E-state index in [1.807, 2.05) is 18.2 Å². The van der Waals surface area contributed by atoms with Crippen molar-refractivity contribution in [2.45, 2.75) is 87.5 Å². The Hall–Kier alpha value is -5.33. The van der Waals surface area contributed by atoms with Crippen LogP contribution in [-0.2, 0) is 24.5 Å². The Morgan fingerprint density at radius 1 is 0.823 bits per heavy atom. The number of rotatable bonds is 11. The molecule has 3 N–H and O–H groups in total. The smallest absolute Gasteiger partial charge is 0.234 e. The van der Waals surface area contributed by atoms with Crippen molar-refractivity contribution in [2.75, 3.05) is 68.8 Å². The average Bonchev–Trinajstić information content (AvgIpc) is 3.31. The zero-order valence-corrected chi connectivity index (χ0v) is 35.9. The van der Waals surface area contributed by atoms with Gasteiger partial charge in [-0.3, -0.25) is 24.6 Å². The van der Waals surface area contributed by atoms with Gasteiger partial charge in [-0.25, -0.2) is 0 Å². The van der Waals surface area contributed by atoms with Gasteiger partial charge in [-0.15, -0.1) is 0 Å². The number of aromatic nitrogens is 2. The fourth-order valence-electron chi connectivity index (χ4n) is 11.1. The molecule has 5 fully saturated rings. The van der Waals surface area contributed by atoms with Crippen LogP contribution in [0.2, 0.25) is 0 Å². The van der Waals surface area contributed by atoms with Crippen LogP contribution < -0.4 is 20.4 Å². The predicted octanol–water partition coefficient (Wildman–Crippen LogP) is 6.59. The summed E-state index contributed by atoms with van der Waals surface area (Å²) >= 11 is 0. The molecule has 4 aromatic rings. The van der Waals surface area contributed by atoms with Crippen LogP contribution >= 0.6 is 0 Å². The molecule has 1 spiro atoms. The number of phenolic OH excluding ortho intramolecular Hbond substituents is 1. The van der Waals surface area contributed by atoms with Gasteiger partial charge in [0.2, 0.25) is 17.7 Å². The van der Waals surface area contributed by atoms with Gasteiger partial charge in [-0.1, -0.05) is 54.6 Å². The van der Waals surface area contributed by atoms with Crippen molar-refractivity contribution in [3.8, 4) is 17.0 Å². The minimum Gasteiger partial charge on any atom is -0.507 e. The molecule has 62 heavy (non-hydrogen) atoms. The molecule has 326 valence electrons. The molecule has 3 aromatic carbocycles. The number of aromatic hydroxyl groups is 1. The Morgan fingerprint density at radius 3 is 2.29 bits per heavy atom. The second kappa shape index (κ2) is 18.6. The number of piperidine rings is 4. The number of hydrogen-bond acceptors (Lipinski definition) is 10. The van der Waals surface area contributed by atoms with Crippen molar-refractivity contribution in [2.24, 2.45) is 11.8 Å². The number of para-hydroxylation sites is 1. The number of ether oxygens (including phenoxy) is 1. The highest BCUT2D eigenvalue weighted by Crippen LogP contribution is 2.42. The van der Waals surface area contributed by atoms with Gasteiger partial charge in [-0.2, -0.15) is 10.2 Å². The maximum atomic E-state index is 14.3. The van der Waals surface area contributed by atoms with E-state index in [9.17, 15) is 19.5 Å². The summed E-state index contributed by atoms with van der Waals surface area (Å²) in [6, 6.07) is 28.3. The van der Waals surface area contributed by atoms with Crippen molar-refractivity contribution in [1.29, 1.82) is 0 Å². The van der Waals surface area contributed by atoms with Crippen LogP contribution in [0.3, 0.4) is 0 Å². The lowest BCUT2D eigenvalue weighted by Crippen LogP contribution is -2.59. The minimum absolute atomic E-state index is 0.0000934. The van der Waals surface area contributed by atoms with Gasteiger partial charge < -0.3 is 25.0 Å². The number of hydrogen-bond donors (Lipinski definition) is 3. The number of phenols is 1. The average molecular weight is 840 g/mol. The first-order valence-electron chi connectivity index (χ1n) is 23.0. The summed E-state index contributed by atoms with van der Waals surface area (Å²) in [5, 5.41) is 25.1. The van der Waals surface area contributed by atoms with Crippen LogP contribution in [0.25, 0.3) is 11.3 Å². The zero-order valence-electron chi connectivity index (χ0n) is 35.9. The Kier molecular flexibility index (Phi) is 12.6. The Labute approximate surface area is 365 Å². The number of nitrogens with zero attached hydrogens (tertiary/aromatic N) is 5. The molecule has 5 aliphatic heterocycles. The van der Waals surface area contributed by atoms with Crippen LogP contribution in [0, 0.1) is 11.8 Å². The molecule has 0 saturated carbocycles. The van der Waals surface area contributed by atoms with Crippen molar-refractivity contribution in [1.82, 2.24) is 25.7 Å². The number of carbonyl (C=O) groups is 3. The van der Waals surface area contributed by atoms with Gasteiger partial charge in [0.1, 0.15) is 5.75 Å². The predicted molar refractivity (Wildman–Crippen MR) is 240 cm³/mol. The van der Waals surface area contributed by atoms with Gasteiger partial charge in [0.25, 0.3) is 0 Å². The maximum absolute atomic E-state index is 14.3. The normalized spacial score (nSPS) is 23.2. The van der Waals surface area contributed by atoms with E-state index in [0.717, 1.165) is 115 Å². The van der Waals surface area contributed by atoms with E-state index in [2.05, 4.69) is 90.1 Å². The van der Waals surface area contributed by atoms with E-state index in [4.69, 9.17) is 4.74 Å². The molecule has 0 radical (unpaired) electrons. The maximum Gasteiger partial charge on any atom is 0.234 e. The minimum atomic E-state index is -0.252. The van der Waals surface area contributed by atoms with E-state index in [1.165, 1.54) is 17.7 Å². The summed E-state index contributed by atoms with van der Waals surface area (Å²) in [7, 11) is 0. The third-order valence-electron chi connectivity index (χ3n) is 15.1. The number of imide groups is 1. The number of benzene rings is 3. The summed E-state index contributed by atoms with van der Waals surface area (Å²) in [4.78, 5) is 45.8. The summed E-state index contributed by atoms with van der Waals surface area (Å²) in [6.45, 7) is 7.79. The van der Waals surface area contributed by atoms with E-state index in [-0.39, 0.29) is 46.3 Å². The van der Waals surface area contributed by atoms with Crippen molar-refractivity contribution < 1.29 is 24.2 Å². The monoisotopic (exact) mass is 839 g/mol. The highest BCUT2D eigenvalue weighted by Gasteiger charge is 2.46. The summed E-state index contributed by atoms with van der Waals surface area (Å²) in [5.74, 6) is 0.412. The number of likely N-dealkylation sites (tertiary alicyclic amines) is 1. The lowest BCUT2D eigenvalue weighted by Gasteiger charge is -2.52. The first kappa shape index (κ1) is 42.0. The van der Waals surface area contributed by atoms with E-state index in [0.29, 0.717) is 36.6 Å². The second-order valence-corrected chi connectivity index (χ2v) is 18.5. The quantitative estimate of drug-likeness (QED) is 0.142. The van der Waals surface area contributed by atoms with E-state index >= 15 is 0 Å². The number of carbonyl (C=O) groups excluding carboxylic acids is 3. The molecule has 0 bridgehead atoms. The molecule has 0 unspecified atom stereocenters. The lowest BCUT2D eigenvalue weighted by atomic mass is 9.72. The fraction of sp³-hybridized carbons (Fsp3) is 0.500. The fourth-order valence-corrected chi connectivity index (χ4v) is 11.1. The molecule has 12 heteroatoms. The second-order valence-electron chi connectivity index (χ2n) is 18.5. The van der Waals surface area contributed by atoms with Gasteiger partial charge >= 0.3 is 0 Å². The third kappa shape index (κ3) is 9.08. The van der Waals surface area contributed by atoms with Gasteiger partial charge in [0, 0.05) is 80.5 Å². The molecule has 6 heterocycles. The molecule has 12 nitrogen and oxygen atoms in total. The first-order valence-corrected chi connectivity index (χ1v) is 23.0. The Balaban J connectivity index is 0.788. The molecule has 3 amide bonds. The number of anilines is 2. The van der Waals surface area contributed by atoms with Gasteiger partial charge in [0.15, 0.2) is 0 Å². The van der Waals surface area contributed by atoms with Crippen LogP contribution in [0.15, 0.2) is 91.1 Å². The summed E-state index contributed by atoms with van der Waals surface area (Å²) < 4.78 is 5.92. The van der Waals surface area contributed by atoms with E-state index < -0.39 is 0 Å². The molecule has 2 atom stereocenters. The topological polar surface area (TPSA) is 140 Å². The molecule has 0 aliphatic carbocycles. The van der Waals surface area contributed by atoms with Gasteiger partial charge in [0.05, 0.1) is 23.5 Å². The lowest BCUT2D eigenvalue weighted by molar-refractivity contribution is -0.134. The first-order chi connectivity index (χ1) is 30.3. The molecule has 9 rings (SSSR count). The zero-order chi connectivity index (χ0) is 42.5. The highest BCUT2D eigenvalue weighted by atomic mass is 16.5. The summed E-state index contributed by atoms with van der Waals surface area (Å²) in [5.41, 5.74) is 5.57. The number of amides is 3. The number of nitrogens with one attached hydrogen (secondary N) is 2. The van der Waals surface area contributed by atoms with Crippen LogP contribution in [0.1, 0.15) is 87.7 Å². The Bertz CT molecular complexity index is 2180. The Morgan fingerprint density at radius 2 is 1.55 bits per heavy atom. The molecule has 5 aliphatic rings. The summed E-state index contributed by atoms with van der Waals surface area (Å²) in [6.07, 6.45) is 11.7. The van der Waals surface area contributed by atoms with Crippen LogP contribution in [-0.4, -0.2) is 102 Å². The molecule has 5 saturated heterocycles. The molecule has 1 aromatic heterocycles. The van der Waals surface area contributed by atoms with Crippen molar-refractivity contribution >= 4 is 29.1 Å². The van der Waals surface area contributed by atoms with Crippen molar-refractivity contribution in [3.63, 3.8) is 0 Å². The third-order valence-corrected chi connectivity index (χ3v) is 15.1. The SMILES string of the molecule is O=C1CC[C@H](c2ccc(N3CCC(CCN4CC[C@@H](C(=O)NCC5(c6ccccc6)CCN(c6cnnc(-c7ccccc7O)c6)CC5)CC45CCOCC5)CC3)cc2)C(=O)N1. The molecular weight excluding hydrogens is 779 g/mol. The van der Waals surface area contributed by atoms with E-state index in [1.54, 1.807) is 18.3 Å². The van der Waals surface area contributed by atoms with Crippen LogP contribution in [0.4, 0.5) is 11.4 Å². The van der Waals surface area contributed by atoms with Crippen LogP contribution in [0.5, 0.6) is 5.75 Å². The van der Waals surface area contributed by atoms with Gasteiger partial charge in [-0.05, 0) is 125 Å².